The van der Waals surface area contributed by atoms with Crippen LogP contribution in [0.15, 0.2) is 29.4 Å². The monoisotopic (exact) mass is 372 g/mol. The van der Waals surface area contributed by atoms with Crippen LogP contribution in [0.1, 0.15) is 51.3 Å². The van der Waals surface area contributed by atoms with Crippen LogP contribution in [0.5, 0.6) is 0 Å². The Balaban J connectivity index is 1.41. The number of ether oxygens (including phenoxy) is 1. The molecule has 0 aliphatic heterocycles. The molecule has 1 fully saturated rings. The van der Waals surface area contributed by atoms with E-state index in [1.54, 1.807) is 0 Å². The average molecular weight is 373 g/mol. The fraction of sp³-hybridized carbons (Fsp3) is 0.650. The summed E-state index contributed by atoms with van der Waals surface area (Å²) < 4.78 is 8.04. The van der Waals surface area contributed by atoms with Crippen molar-refractivity contribution in [3.8, 4) is 0 Å². The molecule has 2 aromatic heterocycles. The number of aromatic nitrogens is 3. The van der Waals surface area contributed by atoms with Crippen molar-refractivity contribution in [2.24, 2.45) is 4.99 Å². The van der Waals surface area contributed by atoms with E-state index in [9.17, 15) is 0 Å². The number of nitrogens with one attached hydrogen (secondary N) is 2. The van der Waals surface area contributed by atoms with Crippen LogP contribution in [0.25, 0.3) is 5.65 Å². The number of guanidine groups is 1. The Labute approximate surface area is 161 Å². The Kier molecular flexibility index (Phi) is 7.89. The van der Waals surface area contributed by atoms with Gasteiger partial charge in [-0.25, -0.2) is 0 Å². The number of hydrogen-bond acceptors (Lipinski definition) is 4. The molecule has 1 saturated carbocycles. The van der Waals surface area contributed by atoms with Gasteiger partial charge in [0.25, 0.3) is 0 Å². The number of nitrogens with zero attached hydrogens (tertiary/aromatic N) is 4. The topological polar surface area (TPSA) is 75.8 Å². The summed E-state index contributed by atoms with van der Waals surface area (Å²) in [6.07, 6.45) is 10.9. The molecule has 0 unspecified atom stereocenters. The standard InChI is InChI=1S/C20H32N6O/c1-2-21-20(23-14-16-27-17-9-5-3-4-6-10-17)22-13-12-19-25-24-18-11-7-8-15-26(18)19/h7-8,11,15,17H,2-6,9-10,12-14,16H2,1H3,(H2,21,22,23). The lowest BCUT2D eigenvalue weighted by atomic mass is 10.1. The molecule has 0 aromatic carbocycles. The lowest BCUT2D eigenvalue weighted by molar-refractivity contribution is 0.0487. The first-order valence-corrected chi connectivity index (χ1v) is 10.3. The number of aliphatic imine (C=N–C) groups is 1. The summed E-state index contributed by atoms with van der Waals surface area (Å²) in [7, 11) is 0. The highest BCUT2D eigenvalue weighted by molar-refractivity contribution is 5.79. The van der Waals surface area contributed by atoms with Gasteiger partial charge in [0.15, 0.2) is 11.6 Å². The maximum Gasteiger partial charge on any atom is 0.191 e. The summed E-state index contributed by atoms with van der Waals surface area (Å²) in [6, 6.07) is 5.93. The van der Waals surface area contributed by atoms with Gasteiger partial charge in [-0.1, -0.05) is 31.7 Å². The fourth-order valence-electron chi connectivity index (χ4n) is 3.48. The summed E-state index contributed by atoms with van der Waals surface area (Å²) in [4.78, 5) is 4.63. The van der Waals surface area contributed by atoms with E-state index >= 15 is 0 Å². The van der Waals surface area contributed by atoms with Gasteiger partial charge in [0.05, 0.1) is 19.3 Å². The summed E-state index contributed by atoms with van der Waals surface area (Å²) >= 11 is 0. The number of hydrogen-bond donors (Lipinski definition) is 2. The normalized spacial score (nSPS) is 16.4. The van der Waals surface area contributed by atoms with Crippen molar-refractivity contribution in [1.82, 2.24) is 25.2 Å². The van der Waals surface area contributed by atoms with E-state index in [4.69, 9.17) is 4.74 Å². The number of fused-ring (bicyclic) bond motifs is 1. The van der Waals surface area contributed by atoms with Gasteiger partial charge in [-0.15, -0.1) is 10.2 Å². The molecule has 0 spiro atoms. The van der Waals surface area contributed by atoms with Crippen LogP contribution < -0.4 is 10.6 Å². The number of pyridine rings is 1. The molecule has 148 valence electrons. The lowest BCUT2D eigenvalue weighted by Crippen LogP contribution is -2.38. The third-order valence-electron chi connectivity index (χ3n) is 4.89. The van der Waals surface area contributed by atoms with Gasteiger partial charge in [0, 0.05) is 25.7 Å². The minimum atomic E-state index is 0.430. The summed E-state index contributed by atoms with van der Waals surface area (Å²) in [5, 5.41) is 15.1. The van der Waals surface area contributed by atoms with Crippen LogP contribution in [0, 0.1) is 0 Å². The van der Waals surface area contributed by atoms with Gasteiger partial charge < -0.3 is 15.4 Å². The third kappa shape index (κ3) is 6.20. The zero-order chi connectivity index (χ0) is 18.7. The third-order valence-corrected chi connectivity index (χ3v) is 4.89. The van der Waals surface area contributed by atoms with E-state index in [0.717, 1.165) is 36.9 Å². The van der Waals surface area contributed by atoms with Crippen molar-refractivity contribution in [2.75, 3.05) is 26.2 Å². The highest BCUT2D eigenvalue weighted by atomic mass is 16.5. The molecule has 7 heteroatoms. The first-order chi connectivity index (χ1) is 13.4. The van der Waals surface area contributed by atoms with E-state index in [0.29, 0.717) is 19.3 Å². The molecule has 0 bridgehead atoms. The maximum atomic E-state index is 6.02. The molecule has 2 N–H and O–H groups in total. The van der Waals surface area contributed by atoms with E-state index in [1.165, 1.54) is 38.5 Å². The average Bonchev–Trinajstić information content (AvgIpc) is 2.92. The molecule has 0 radical (unpaired) electrons. The van der Waals surface area contributed by atoms with Crippen LogP contribution in [0.4, 0.5) is 0 Å². The van der Waals surface area contributed by atoms with Crippen LogP contribution >= 0.6 is 0 Å². The Hall–Kier alpha value is -2.15. The first-order valence-electron chi connectivity index (χ1n) is 10.3. The van der Waals surface area contributed by atoms with Gasteiger partial charge in [-0.3, -0.25) is 9.39 Å². The Morgan fingerprint density at radius 3 is 2.85 bits per heavy atom. The minimum Gasteiger partial charge on any atom is -0.376 e. The molecule has 0 amide bonds. The second-order valence-corrected chi connectivity index (χ2v) is 6.97. The molecule has 0 saturated heterocycles. The molecule has 0 atom stereocenters. The van der Waals surface area contributed by atoms with Crippen LogP contribution in [0.2, 0.25) is 0 Å². The Morgan fingerprint density at radius 2 is 2.04 bits per heavy atom. The van der Waals surface area contributed by atoms with Gasteiger partial charge in [0.1, 0.15) is 5.82 Å². The molecule has 1 aliphatic carbocycles. The summed E-state index contributed by atoms with van der Waals surface area (Å²) in [5.41, 5.74) is 0.878. The van der Waals surface area contributed by atoms with Crippen molar-refractivity contribution in [1.29, 1.82) is 0 Å². The smallest absolute Gasteiger partial charge is 0.191 e. The molecule has 7 nitrogen and oxygen atoms in total. The highest BCUT2D eigenvalue weighted by Crippen LogP contribution is 2.19. The van der Waals surface area contributed by atoms with Crippen molar-refractivity contribution >= 4 is 11.6 Å². The van der Waals surface area contributed by atoms with Crippen molar-refractivity contribution in [3.63, 3.8) is 0 Å². The number of rotatable bonds is 8. The van der Waals surface area contributed by atoms with Crippen molar-refractivity contribution < 1.29 is 4.74 Å². The predicted molar refractivity (Wildman–Crippen MR) is 108 cm³/mol. The molecule has 27 heavy (non-hydrogen) atoms. The van der Waals surface area contributed by atoms with E-state index in [2.05, 4.69) is 32.7 Å². The Bertz CT molecular complexity index is 705. The first kappa shape index (κ1) is 19.6. The van der Waals surface area contributed by atoms with Gasteiger partial charge in [-0.2, -0.15) is 0 Å². The van der Waals surface area contributed by atoms with Gasteiger partial charge >= 0.3 is 0 Å². The second kappa shape index (κ2) is 10.9. The SMILES string of the molecule is CCNC(=NCCOC1CCCCCC1)NCCc1nnc2ccccn12. The molecular weight excluding hydrogens is 340 g/mol. The molecular formula is C20H32N6O. The fourth-order valence-corrected chi connectivity index (χ4v) is 3.48. The van der Waals surface area contributed by atoms with Crippen LogP contribution in [-0.2, 0) is 11.2 Å². The zero-order valence-corrected chi connectivity index (χ0v) is 16.4. The van der Waals surface area contributed by atoms with E-state index < -0.39 is 0 Å². The van der Waals surface area contributed by atoms with Gasteiger partial charge in [-0.05, 0) is 31.9 Å². The Morgan fingerprint density at radius 1 is 1.19 bits per heavy atom. The van der Waals surface area contributed by atoms with Crippen LogP contribution in [-0.4, -0.2) is 52.9 Å². The van der Waals surface area contributed by atoms with Crippen molar-refractivity contribution in [3.05, 3.63) is 30.2 Å². The van der Waals surface area contributed by atoms with Gasteiger partial charge in [0.2, 0.25) is 0 Å². The summed E-state index contributed by atoms with van der Waals surface area (Å²) in [6.45, 7) is 5.04. The lowest BCUT2D eigenvalue weighted by Gasteiger charge is -2.15. The molecule has 2 heterocycles. The predicted octanol–water partition coefficient (Wildman–Crippen LogP) is 2.57. The molecule has 1 aliphatic rings. The second-order valence-electron chi connectivity index (χ2n) is 6.97. The minimum absolute atomic E-state index is 0.430. The molecule has 3 rings (SSSR count). The quantitative estimate of drug-likeness (QED) is 0.322. The van der Waals surface area contributed by atoms with E-state index in [-0.39, 0.29) is 0 Å². The highest BCUT2D eigenvalue weighted by Gasteiger charge is 2.12. The van der Waals surface area contributed by atoms with Crippen LogP contribution in [0.3, 0.4) is 0 Å². The zero-order valence-electron chi connectivity index (χ0n) is 16.4. The van der Waals surface area contributed by atoms with Crippen molar-refractivity contribution in [2.45, 2.75) is 58.0 Å². The largest absolute Gasteiger partial charge is 0.376 e. The van der Waals surface area contributed by atoms with E-state index in [1.807, 2.05) is 28.8 Å². The molecule has 2 aromatic rings. The maximum absolute atomic E-state index is 6.02. The summed E-state index contributed by atoms with van der Waals surface area (Å²) in [5.74, 6) is 1.78.